The number of likely N-dealkylation sites (tertiary alicyclic amines) is 1. The summed E-state index contributed by atoms with van der Waals surface area (Å²) in [6.45, 7) is 0.566. The Balaban J connectivity index is 1.46. The molecule has 1 aliphatic heterocycles. The summed E-state index contributed by atoms with van der Waals surface area (Å²) in [6, 6.07) is 15.3. The van der Waals surface area contributed by atoms with Gasteiger partial charge in [-0.25, -0.2) is 4.98 Å². The molecule has 1 amide bonds. The Bertz CT molecular complexity index is 1400. The fourth-order valence-corrected chi connectivity index (χ4v) is 5.54. The zero-order chi connectivity index (χ0) is 23.7. The molecule has 5 rings (SSSR count). The molecule has 0 saturated carbocycles. The van der Waals surface area contributed by atoms with E-state index in [2.05, 4.69) is 4.98 Å². The number of carbonyl (C=O) groups excluding carboxylic acids is 1. The maximum absolute atomic E-state index is 13.4. The summed E-state index contributed by atoms with van der Waals surface area (Å²) in [4.78, 5) is 33.8. The van der Waals surface area contributed by atoms with Crippen LogP contribution in [-0.2, 0) is 11.3 Å². The van der Waals surface area contributed by atoms with Gasteiger partial charge in [0.15, 0.2) is 0 Å². The van der Waals surface area contributed by atoms with Crippen LogP contribution >= 0.6 is 11.3 Å². The predicted molar refractivity (Wildman–Crippen MR) is 133 cm³/mol. The van der Waals surface area contributed by atoms with Gasteiger partial charge in [-0.3, -0.25) is 14.2 Å². The van der Waals surface area contributed by atoms with E-state index in [4.69, 9.17) is 9.47 Å². The van der Waals surface area contributed by atoms with Gasteiger partial charge in [0.05, 0.1) is 32.0 Å². The molecule has 0 spiro atoms. The Morgan fingerprint density at radius 2 is 1.97 bits per heavy atom. The number of methoxy groups -OCH3 is 2. The summed E-state index contributed by atoms with van der Waals surface area (Å²) < 4.78 is 12.4. The third kappa shape index (κ3) is 3.94. The highest BCUT2D eigenvalue weighted by atomic mass is 32.1. The van der Waals surface area contributed by atoms with Gasteiger partial charge in [0.25, 0.3) is 5.56 Å². The highest BCUT2D eigenvalue weighted by molar-refractivity contribution is 7.17. The molecule has 174 valence electrons. The van der Waals surface area contributed by atoms with Crippen molar-refractivity contribution in [3.8, 4) is 22.6 Å². The fraction of sp³-hybridized carbons (Fsp3) is 0.269. The Morgan fingerprint density at radius 3 is 2.74 bits per heavy atom. The molecule has 0 N–H and O–H groups in total. The number of rotatable bonds is 6. The highest BCUT2D eigenvalue weighted by Crippen LogP contribution is 2.39. The molecule has 1 atom stereocenters. The van der Waals surface area contributed by atoms with Crippen molar-refractivity contribution in [2.75, 3.05) is 20.8 Å². The lowest BCUT2D eigenvalue weighted by Gasteiger charge is -2.27. The second-order valence-corrected chi connectivity index (χ2v) is 9.08. The van der Waals surface area contributed by atoms with Crippen LogP contribution in [0.3, 0.4) is 0 Å². The molecule has 8 heteroatoms. The smallest absolute Gasteiger partial charge is 0.263 e. The number of nitrogens with zero attached hydrogens (tertiary/aromatic N) is 3. The average molecular weight is 476 g/mol. The van der Waals surface area contributed by atoms with Gasteiger partial charge in [0.1, 0.15) is 22.9 Å². The minimum absolute atomic E-state index is 0.0609. The lowest BCUT2D eigenvalue weighted by atomic mass is 10.0. The van der Waals surface area contributed by atoms with Crippen LogP contribution < -0.4 is 15.0 Å². The second-order valence-electron chi connectivity index (χ2n) is 8.23. The van der Waals surface area contributed by atoms with Gasteiger partial charge in [0, 0.05) is 23.1 Å². The minimum Gasteiger partial charge on any atom is -0.497 e. The molecular weight excluding hydrogens is 450 g/mol. The first-order chi connectivity index (χ1) is 16.6. The van der Waals surface area contributed by atoms with Crippen molar-refractivity contribution >= 4 is 27.5 Å². The zero-order valence-corrected chi connectivity index (χ0v) is 19.9. The van der Waals surface area contributed by atoms with Crippen molar-refractivity contribution in [3.05, 3.63) is 76.2 Å². The third-order valence-electron chi connectivity index (χ3n) is 6.32. The van der Waals surface area contributed by atoms with E-state index in [-0.39, 0.29) is 24.1 Å². The Morgan fingerprint density at radius 1 is 1.15 bits per heavy atom. The van der Waals surface area contributed by atoms with Crippen molar-refractivity contribution in [1.29, 1.82) is 0 Å². The summed E-state index contributed by atoms with van der Waals surface area (Å²) in [5, 5.41) is 2.51. The summed E-state index contributed by atoms with van der Waals surface area (Å²) in [5.74, 6) is 1.32. The molecule has 0 radical (unpaired) electrons. The van der Waals surface area contributed by atoms with Gasteiger partial charge in [-0.1, -0.05) is 30.3 Å². The maximum Gasteiger partial charge on any atom is 0.263 e. The van der Waals surface area contributed by atoms with E-state index in [1.807, 2.05) is 58.8 Å². The minimum atomic E-state index is -0.201. The largest absolute Gasteiger partial charge is 0.497 e. The number of amides is 1. The van der Waals surface area contributed by atoms with E-state index in [1.165, 1.54) is 22.2 Å². The molecule has 2 aromatic carbocycles. The van der Waals surface area contributed by atoms with Crippen molar-refractivity contribution in [2.24, 2.45) is 0 Å². The van der Waals surface area contributed by atoms with Gasteiger partial charge in [-0.2, -0.15) is 0 Å². The van der Waals surface area contributed by atoms with E-state index in [1.54, 1.807) is 14.2 Å². The van der Waals surface area contributed by atoms with Gasteiger partial charge < -0.3 is 14.4 Å². The van der Waals surface area contributed by atoms with E-state index >= 15 is 0 Å². The fourth-order valence-electron chi connectivity index (χ4n) is 4.64. The molecule has 0 bridgehead atoms. The molecule has 0 unspecified atom stereocenters. The quantitative estimate of drug-likeness (QED) is 0.410. The number of carbonyl (C=O) groups is 1. The van der Waals surface area contributed by atoms with Crippen molar-refractivity contribution in [3.63, 3.8) is 0 Å². The van der Waals surface area contributed by atoms with Crippen LogP contribution in [-0.4, -0.2) is 41.1 Å². The molecule has 4 aromatic rings. The zero-order valence-electron chi connectivity index (χ0n) is 19.1. The first kappa shape index (κ1) is 22.2. The number of benzene rings is 2. The predicted octanol–water partition coefficient (Wildman–Crippen LogP) is 4.51. The Kier molecular flexibility index (Phi) is 6.06. The van der Waals surface area contributed by atoms with Gasteiger partial charge in [0.2, 0.25) is 5.91 Å². The monoisotopic (exact) mass is 475 g/mol. The van der Waals surface area contributed by atoms with E-state index in [0.29, 0.717) is 22.5 Å². The second kappa shape index (κ2) is 9.30. The SMILES string of the molecule is COc1ccc(OC)c([C@H]2CCCN2C(=O)Cn2cnc3scc(-c4ccccc4)c3c2=O)c1. The summed E-state index contributed by atoms with van der Waals surface area (Å²) in [7, 11) is 3.24. The molecule has 1 saturated heterocycles. The van der Waals surface area contributed by atoms with Gasteiger partial charge in [-0.05, 0) is 36.6 Å². The highest BCUT2D eigenvalue weighted by Gasteiger charge is 2.32. The Labute approximate surface area is 201 Å². The molecule has 1 aliphatic rings. The molecule has 0 aliphatic carbocycles. The molecule has 1 fully saturated rings. The number of ether oxygens (including phenoxy) is 2. The van der Waals surface area contributed by atoms with Gasteiger partial charge in [-0.15, -0.1) is 11.3 Å². The Hall–Kier alpha value is -3.65. The van der Waals surface area contributed by atoms with Crippen LogP contribution in [0.2, 0.25) is 0 Å². The topological polar surface area (TPSA) is 73.7 Å². The maximum atomic E-state index is 13.4. The lowest BCUT2D eigenvalue weighted by Crippen LogP contribution is -2.36. The number of hydrogen-bond donors (Lipinski definition) is 0. The normalized spacial score (nSPS) is 15.6. The molecule has 7 nitrogen and oxygen atoms in total. The summed E-state index contributed by atoms with van der Waals surface area (Å²) in [6.07, 6.45) is 3.18. The molecule has 2 aromatic heterocycles. The van der Waals surface area contributed by atoms with Crippen molar-refractivity contribution in [1.82, 2.24) is 14.5 Å². The standard InChI is InChI=1S/C26H25N3O4S/c1-32-18-10-11-22(33-2)19(13-18)21-9-6-12-29(21)23(30)14-28-16-27-25-24(26(28)31)20(15-34-25)17-7-4-3-5-8-17/h3-5,7-8,10-11,13,15-16,21H,6,9,12,14H2,1-2H3/t21-/m1/s1. The van der Waals surface area contributed by atoms with Crippen molar-refractivity contribution < 1.29 is 14.3 Å². The number of hydrogen-bond acceptors (Lipinski definition) is 6. The molecule has 34 heavy (non-hydrogen) atoms. The third-order valence-corrected chi connectivity index (χ3v) is 7.21. The summed E-state index contributed by atoms with van der Waals surface area (Å²) in [5.41, 5.74) is 2.52. The number of aromatic nitrogens is 2. The van der Waals surface area contributed by atoms with Crippen LogP contribution in [0.15, 0.2) is 65.0 Å². The van der Waals surface area contributed by atoms with Crippen LogP contribution in [0.5, 0.6) is 11.5 Å². The first-order valence-corrected chi connectivity index (χ1v) is 12.0. The van der Waals surface area contributed by atoms with Crippen LogP contribution in [0.25, 0.3) is 21.3 Å². The van der Waals surface area contributed by atoms with Crippen LogP contribution in [0.4, 0.5) is 0 Å². The van der Waals surface area contributed by atoms with Crippen molar-refractivity contribution in [2.45, 2.75) is 25.4 Å². The van der Waals surface area contributed by atoms with Crippen LogP contribution in [0, 0.1) is 0 Å². The van der Waals surface area contributed by atoms with E-state index in [0.717, 1.165) is 35.3 Å². The van der Waals surface area contributed by atoms with E-state index < -0.39 is 0 Å². The van der Waals surface area contributed by atoms with Gasteiger partial charge >= 0.3 is 0 Å². The molecular formula is C26H25N3O4S. The van der Waals surface area contributed by atoms with Crippen LogP contribution in [0.1, 0.15) is 24.4 Å². The average Bonchev–Trinajstić information content (AvgIpc) is 3.54. The number of thiophene rings is 1. The van der Waals surface area contributed by atoms with E-state index in [9.17, 15) is 9.59 Å². The first-order valence-electron chi connectivity index (χ1n) is 11.1. The lowest BCUT2D eigenvalue weighted by molar-refractivity contribution is -0.132. The number of fused-ring (bicyclic) bond motifs is 1. The molecule has 3 heterocycles. The summed E-state index contributed by atoms with van der Waals surface area (Å²) >= 11 is 1.44.